The van der Waals surface area contributed by atoms with Gasteiger partial charge in [0.1, 0.15) is 4.75 Å². The van der Waals surface area contributed by atoms with Gasteiger partial charge in [-0.15, -0.1) is 11.8 Å². The first-order valence-electron chi connectivity index (χ1n) is 6.14. The van der Waals surface area contributed by atoms with Crippen LogP contribution in [0.4, 0.5) is 0 Å². The zero-order valence-corrected chi connectivity index (χ0v) is 11.9. The maximum absolute atomic E-state index is 11.3. The van der Waals surface area contributed by atoms with Crippen LogP contribution in [-0.4, -0.2) is 26.9 Å². The minimum Gasteiger partial charge on any atom is -0.480 e. The number of aromatic carboxylic acids is 1. The molecular weight excluding hydrogens is 264 g/mol. The minimum atomic E-state index is -0.957. The summed E-state index contributed by atoms with van der Waals surface area (Å²) in [7, 11) is 0. The molecule has 0 spiro atoms. The number of thioether (sulfide) groups is 1. The van der Waals surface area contributed by atoms with Crippen LogP contribution in [0.15, 0.2) is 24.3 Å². The zero-order chi connectivity index (χ0) is 14.5. The van der Waals surface area contributed by atoms with Crippen molar-refractivity contribution in [2.75, 3.05) is 0 Å². The molecule has 2 N–H and O–H groups in total. The molecule has 1 aromatic rings. The average Bonchev–Trinajstić information content (AvgIpc) is 2.40. The third-order valence-electron chi connectivity index (χ3n) is 3.25. The van der Waals surface area contributed by atoms with Crippen molar-refractivity contribution in [3.63, 3.8) is 0 Å². The summed E-state index contributed by atoms with van der Waals surface area (Å²) in [6.45, 7) is 3.75. The van der Waals surface area contributed by atoms with Crippen molar-refractivity contribution in [1.82, 2.24) is 0 Å². The number of hydrogen-bond acceptors (Lipinski definition) is 3. The van der Waals surface area contributed by atoms with Gasteiger partial charge in [-0.1, -0.05) is 26.0 Å². The largest absolute Gasteiger partial charge is 0.480 e. The molecule has 0 unspecified atom stereocenters. The van der Waals surface area contributed by atoms with Gasteiger partial charge in [0.2, 0.25) is 0 Å². The molecule has 0 fully saturated rings. The number of carbonyl (C=O) groups is 2. The Balaban J connectivity index is 2.75. The summed E-state index contributed by atoms with van der Waals surface area (Å²) in [6, 6.07) is 6.54. The molecule has 0 radical (unpaired) electrons. The van der Waals surface area contributed by atoms with Crippen LogP contribution >= 0.6 is 11.8 Å². The number of benzene rings is 1. The van der Waals surface area contributed by atoms with Gasteiger partial charge in [0.25, 0.3) is 0 Å². The molecule has 0 heterocycles. The third kappa shape index (κ3) is 3.73. The molecule has 0 aliphatic carbocycles. The second-order valence-corrected chi connectivity index (χ2v) is 5.66. The molecule has 0 amide bonds. The van der Waals surface area contributed by atoms with E-state index in [9.17, 15) is 14.7 Å². The van der Waals surface area contributed by atoms with E-state index in [-0.39, 0.29) is 5.56 Å². The summed E-state index contributed by atoms with van der Waals surface area (Å²) in [5.74, 6) is -1.18. The van der Waals surface area contributed by atoms with Gasteiger partial charge in [-0.2, -0.15) is 0 Å². The summed E-state index contributed by atoms with van der Waals surface area (Å²) >= 11 is 1.40. The summed E-state index contributed by atoms with van der Waals surface area (Å²) in [5.41, 5.74) is 1.17. The second kappa shape index (κ2) is 6.61. The van der Waals surface area contributed by atoms with Crippen LogP contribution in [0.2, 0.25) is 0 Å². The molecule has 0 aliphatic rings. The van der Waals surface area contributed by atoms with E-state index in [1.165, 1.54) is 11.8 Å². The molecule has 0 saturated carbocycles. The van der Waals surface area contributed by atoms with Crippen molar-refractivity contribution in [3.05, 3.63) is 35.4 Å². The lowest BCUT2D eigenvalue weighted by molar-refractivity contribution is -0.140. The fourth-order valence-corrected chi connectivity index (χ4v) is 2.95. The van der Waals surface area contributed by atoms with Gasteiger partial charge in [0.15, 0.2) is 0 Å². The van der Waals surface area contributed by atoms with E-state index >= 15 is 0 Å². The SMILES string of the molecule is CCC(CC)(SCc1ccc(C(=O)O)cc1)C(=O)O. The Morgan fingerprint density at radius 3 is 2.00 bits per heavy atom. The minimum absolute atomic E-state index is 0.240. The van der Waals surface area contributed by atoms with Gasteiger partial charge >= 0.3 is 11.9 Å². The fraction of sp³-hybridized carbons (Fsp3) is 0.429. The molecule has 0 saturated heterocycles. The molecule has 1 aromatic carbocycles. The van der Waals surface area contributed by atoms with Crippen LogP contribution in [0.3, 0.4) is 0 Å². The van der Waals surface area contributed by atoms with Crippen LogP contribution in [-0.2, 0) is 10.5 Å². The molecule has 0 atom stereocenters. The second-order valence-electron chi connectivity index (χ2n) is 4.30. The van der Waals surface area contributed by atoms with Crippen LogP contribution in [0, 0.1) is 0 Å². The molecule has 0 aromatic heterocycles. The normalized spacial score (nSPS) is 11.3. The van der Waals surface area contributed by atoms with Gasteiger partial charge < -0.3 is 10.2 Å². The first-order valence-corrected chi connectivity index (χ1v) is 7.13. The van der Waals surface area contributed by atoms with E-state index in [0.29, 0.717) is 18.6 Å². The van der Waals surface area contributed by atoms with Crippen LogP contribution < -0.4 is 0 Å². The quantitative estimate of drug-likeness (QED) is 0.803. The summed E-state index contributed by atoms with van der Waals surface area (Å²) in [5, 5.41) is 18.1. The predicted molar refractivity (Wildman–Crippen MR) is 75.6 cm³/mol. The van der Waals surface area contributed by atoms with Crippen molar-refractivity contribution in [1.29, 1.82) is 0 Å². The number of carboxylic acids is 2. The Hall–Kier alpha value is -1.49. The van der Waals surface area contributed by atoms with Crippen molar-refractivity contribution >= 4 is 23.7 Å². The molecule has 104 valence electrons. The van der Waals surface area contributed by atoms with Crippen LogP contribution in [0.1, 0.15) is 42.6 Å². The van der Waals surface area contributed by atoms with Crippen LogP contribution in [0.25, 0.3) is 0 Å². The van der Waals surface area contributed by atoms with Crippen molar-refractivity contribution in [3.8, 4) is 0 Å². The van der Waals surface area contributed by atoms with E-state index in [4.69, 9.17) is 5.11 Å². The average molecular weight is 282 g/mol. The Labute approximate surface area is 116 Å². The predicted octanol–water partition coefficient (Wildman–Crippen LogP) is 3.26. The highest BCUT2D eigenvalue weighted by atomic mass is 32.2. The van der Waals surface area contributed by atoms with E-state index in [0.717, 1.165) is 5.56 Å². The van der Waals surface area contributed by atoms with Gasteiger partial charge in [-0.3, -0.25) is 4.79 Å². The third-order valence-corrected chi connectivity index (χ3v) is 5.03. The van der Waals surface area contributed by atoms with E-state index in [2.05, 4.69) is 0 Å². The number of aliphatic carboxylic acids is 1. The van der Waals surface area contributed by atoms with Crippen molar-refractivity contribution < 1.29 is 19.8 Å². The molecule has 5 heteroatoms. The van der Waals surface area contributed by atoms with E-state index in [1.807, 2.05) is 13.8 Å². The maximum Gasteiger partial charge on any atom is 0.335 e. The number of carboxylic acid groups (broad SMARTS) is 2. The molecule has 4 nitrogen and oxygen atoms in total. The Bertz CT molecular complexity index is 449. The molecule has 0 aliphatic heterocycles. The lowest BCUT2D eigenvalue weighted by atomic mass is 10.0. The molecule has 0 bridgehead atoms. The molecule has 19 heavy (non-hydrogen) atoms. The monoisotopic (exact) mass is 282 g/mol. The Morgan fingerprint density at radius 2 is 1.63 bits per heavy atom. The maximum atomic E-state index is 11.3. The summed E-state index contributed by atoms with van der Waals surface area (Å²) in [6.07, 6.45) is 1.13. The van der Waals surface area contributed by atoms with E-state index < -0.39 is 16.7 Å². The lowest BCUT2D eigenvalue weighted by Crippen LogP contribution is -2.33. The van der Waals surface area contributed by atoms with Gasteiger partial charge in [0.05, 0.1) is 5.56 Å². The number of hydrogen-bond donors (Lipinski definition) is 2. The summed E-state index contributed by atoms with van der Waals surface area (Å²) < 4.78 is -0.758. The standard InChI is InChI=1S/C14H18O4S/c1-3-14(4-2,13(17)18)19-9-10-5-7-11(8-6-10)12(15)16/h5-8H,3-4,9H2,1-2H3,(H,15,16)(H,17,18). The van der Waals surface area contributed by atoms with E-state index in [1.54, 1.807) is 24.3 Å². The highest BCUT2D eigenvalue weighted by Crippen LogP contribution is 2.35. The number of rotatable bonds is 7. The Morgan fingerprint density at radius 1 is 1.11 bits per heavy atom. The lowest BCUT2D eigenvalue weighted by Gasteiger charge is -2.26. The molecule has 1 rings (SSSR count). The van der Waals surface area contributed by atoms with Gasteiger partial charge in [-0.05, 0) is 30.5 Å². The summed E-state index contributed by atoms with van der Waals surface area (Å²) in [4.78, 5) is 22.1. The Kier molecular flexibility index (Phi) is 5.42. The van der Waals surface area contributed by atoms with Gasteiger partial charge in [-0.25, -0.2) is 4.79 Å². The van der Waals surface area contributed by atoms with Crippen molar-refractivity contribution in [2.24, 2.45) is 0 Å². The highest BCUT2D eigenvalue weighted by Gasteiger charge is 2.35. The first-order chi connectivity index (χ1) is 8.95. The van der Waals surface area contributed by atoms with Crippen molar-refractivity contribution in [2.45, 2.75) is 37.2 Å². The topological polar surface area (TPSA) is 74.6 Å². The van der Waals surface area contributed by atoms with Gasteiger partial charge in [0, 0.05) is 5.75 Å². The highest BCUT2D eigenvalue weighted by molar-refractivity contribution is 8.00. The zero-order valence-electron chi connectivity index (χ0n) is 11.0. The van der Waals surface area contributed by atoms with Crippen LogP contribution in [0.5, 0.6) is 0 Å². The first kappa shape index (κ1) is 15.6. The molecular formula is C14H18O4S. The smallest absolute Gasteiger partial charge is 0.335 e. The fourth-order valence-electron chi connectivity index (χ4n) is 1.78.